The minimum Gasteiger partial charge on any atom is -0.500 e. The molecule has 2 aromatic heterocycles. The van der Waals surface area contributed by atoms with Crippen LogP contribution in [0.25, 0.3) is 16.6 Å². The quantitative estimate of drug-likeness (QED) is 0.356. The van der Waals surface area contributed by atoms with Gasteiger partial charge in [-0.2, -0.15) is 0 Å². The number of allylic oxidation sites excluding steroid dienone is 1. The van der Waals surface area contributed by atoms with Crippen LogP contribution in [-0.2, 0) is 11.8 Å². The van der Waals surface area contributed by atoms with E-state index in [1.54, 1.807) is 13.2 Å². The number of methoxy groups -OCH3 is 1. The van der Waals surface area contributed by atoms with Crippen molar-refractivity contribution in [1.82, 2.24) is 14.5 Å². The van der Waals surface area contributed by atoms with Crippen molar-refractivity contribution >= 4 is 34.7 Å². The van der Waals surface area contributed by atoms with Gasteiger partial charge in [0.2, 0.25) is 5.95 Å². The SMILES string of the molecule is C1CCCC1.CC.COC1=C(c2cc(C(=O)Nc3nc4ccc(C(C)C)cc4n3C)cc(C)n2)C=[N+](C)CC1. The lowest BCUT2D eigenvalue weighted by atomic mass is 10.0. The number of benzene rings is 1. The molecule has 0 unspecified atom stereocenters. The summed E-state index contributed by atoms with van der Waals surface area (Å²) in [5, 5.41) is 2.97. The molecule has 1 N–H and O–H groups in total. The van der Waals surface area contributed by atoms with Crippen LogP contribution in [-0.4, -0.2) is 51.9 Å². The van der Waals surface area contributed by atoms with E-state index in [9.17, 15) is 4.79 Å². The first-order chi connectivity index (χ1) is 18.8. The number of fused-ring (bicyclic) bond motifs is 1. The monoisotopic (exact) mass is 532 g/mol. The fourth-order valence-corrected chi connectivity index (χ4v) is 4.86. The second kappa shape index (κ2) is 14.1. The van der Waals surface area contributed by atoms with E-state index in [0.29, 0.717) is 17.4 Å². The predicted octanol–water partition coefficient (Wildman–Crippen LogP) is 7.10. The maximum absolute atomic E-state index is 13.2. The lowest BCUT2D eigenvalue weighted by molar-refractivity contribution is -0.492. The number of ether oxygens (including phenoxy) is 1. The number of aryl methyl sites for hydroxylation is 2. The third-order valence-corrected chi connectivity index (χ3v) is 7.13. The van der Waals surface area contributed by atoms with Crippen molar-refractivity contribution in [3.05, 3.63) is 58.6 Å². The van der Waals surface area contributed by atoms with Gasteiger partial charge in [0.1, 0.15) is 24.9 Å². The molecular formula is C32H46N5O2+. The smallest absolute Gasteiger partial charge is 0.258 e. The summed E-state index contributed by atoms with van der Waals surface area (Å²) in [4.78, 5) is 22.4. The molecule has 1 fully saturated rings. The molecule has 1 aliphatic carbocycles. The first kappa shape index (κ1) is 30.1. The number of aromatic nitrogens is 3. The average molecular weight is 533 g/mol. The van der Waals surface area contributed by atoms with Gasteiger partial charge in [-0.05, 0) is 42.7 Å². The molecular weight excluding hydrogens is 486 g/mol. The zero-order valence-electron chi connectivity index (χ0n) is 25.1. The standard InChI is InChI=1S/C25H29N5O2.C5H10.C2H6/c1-15(2)17-7-8-20-22(13-17)30(5)25(27-20)28-24(31)18-11-16(3)26-21(12-18)19-14-29(4)10-9-23(19)32-6;1-2-4-5-3-1;1-2/h7-8,11-15H,9-10H2,1-6H3;1-5H2;1-2H3/p+1. The summed E-state index contributed by atoms with van der Waals surface area (Å²) in [7, 11) is 5.61. The Morgan fingerprint density at radius 1 is 1.05 bits per heavy atom. The molecule has 0 saturated heterocycles. The topological polar surface area (TPSA) is 72.0 Å². The molecule has 0 spiro atoms. The Hall–Kier alpha value is -3.48. The molecule has 5 rings (SSSR count). The molecule has 0 atom stereocenters. The molecule has 3 heterocycles. The Morgan fingerprint density at radius 2 is 1.72 bits per heavy atom. The third kappa shape index (κ3) is 7.55. The van der Waals surface area contributed by atoms with E-state index in [4.69, 9.17) is 4.74 Å². The molecule has 1 aromatic carbocycles. The summed E-state index contributed by atoms with van der Waals surface area (Å²) in [6.45, 7) is 11.1. The van der Waals surface area contributed by atoms with Crippen LogP contribution in [0.1, 0.15) is 99.4 Å². The molecule has 39 heavy (non-hydrogen) atoms. The highest BCUT2D eigenvalue weighted by Gasteiger charge is 2.22. The zero-order valence-corrected chi connectivity index (χ0v) is 25.1. The number of rotatable bonds is 5. The van der Waals surface area contributed by atoms with Gasteiger partial charge < -0.3 is 9.30 Å². The number of hydrogen-bond donors (Lipinski definition) is 1. The molecule has 210 valence electrons. The second-order valence-corrected chi connectivity index (χ2v) is 10.4. The van der Waals surface area contributed by atoms with Crippen molar-refractivity contribution in [2.75, 3.05) is 26.0 Å². The van der Waals surface area contributed by atoms with E-state index >= 15 is 0 Å². The number of pyridine rings is 1. The number of anilines is 1. The van der Waals surface area contributed by atoms with Gasteiger partial charge >= 0.3 is 0 Å². The maximum atomic E-state index is 13.2. The molecule has 7 heteroatoms. The molecule has 3 aromatic rings. The minimum absolute atomic E-state index is 0.219. The van der Waals surface area contributed by atoms with E-state index < -0.39 is 0 Å². The van der Waals surface area contributed by atoms with Crippen molar-refractivity contribution in [3.8, 4) is 0 Å². The Kier molecular flexibility index (Phi) is 10.8. The van der Waals surface area contributed by atoms with E-state index in [2.05, 4.69) is 45.8 Å². The van der Waals surface area contributed by atoms with Crippen LogP contribution >= 0.6 is 0 Å². The first-order valence-electron chi connectivity index (χ1n) is 14.4. The lowest BCUT2D eigenvalue weighted by Crippen LogP contribution is -2.19. The number of carbonyl (C=O) groups excluding carboxylic acids is 1. The summed E-state index contributed by atoms with van der Waals surface area (Å²) in [6.07, 6.45) is 10.3. The third-order valence-electron chi connectivity index (χ3n) is 7.13. The summed E-state index contributed by atoms with van der Waals surface area (Å²) in [5.74, 6) is 1.60. The van der Waals surface area contributed by atoms with Gasteiger partial charge in [0.05, 0.1) is 30.3 Å². The van der Waals surface area contributed by atoms with Gasteiger partial charge in [-0.25, -0.2) is 9.56 Å². The predicted molar refractivity (Wildman–Crippen MR) is 162 cm³/mol. The minimum atomic E-state index is -0.219. The number of carbonyl (C=O) groups is 1. The summed E-state index contributed by atoms with van der Waals surface area (Å²) in [6, 6.07) is 9.82. The van der Waals surface area contributed by atoms with E-state index in [1.165, 1.54) is 37.7 Å². The molecule has 2 aliphatic rings. The van der Waals surface area contributed by atoms with Gasteiger partial charge in [-0.3, -0.25) is 15.1 Å². The van der Waals surface area contributed by atoms with Crippen molar-refractivity contribution < 1.29 is 14.1 Å². The van der Waals surface area contributed by atoms with E-state index in [0.717, 1.165) is 46.7 Å². The number of nitrogens with zero attached hydrogens (tertiary/aromatic N) is 4. The van der Waals surface area contributed by atoms with Crippen LogP contribution in [0.2, 0.25) is 0 Å². The molecule has 0 radical (unpaired) electrons. The van der Waals surface area contributed by atoms with Crippen LogP contribution in [0.3, 0.4) is 0 Å². The van der Waals surface area contributed by atoms with Gasteiger partial charge in [-0.1, -0.05) is 65.9 Å². The summed E-state index contributed by atoms with van der Waals surface area (Å²) in [5.41, 5.74) is 6.02. The molecule has 7 nitrogen and oxygen atoms in total. The number of hydrogen-bond acceptors (Lipinski definition) is 4. The van der Waals surface area contributed by atoms with Crippen molar-refractivity contribution in [3.63, 3.8) is 0 Å². The lowest BCUT2D eigenvalue weighted by Gasteiger charge is -2.15. The fraction of sp³-hybridized carbons (Fsp3) is 0.500. The normalized spacial score (nSPS) is 14.8. The Bertz CT molecular complexity index is 1340. The summed E-state index contributed by atoms with van der Waals surface area (Å²) < 4.78 is 9.61. The van der Waals surface area contributed by atoms with Crippen molar-refractivity contribution in [1.29, 1.82) is 0 Å². The van der Waals surface area contributed by atoms with Crippen LogP contribution in [0.5, 0.6) is 0 Å². The van der Waals surface area contributed by atoms with Crippen LogP contribution in [0.4, 0.5) is 5.95 Å². The largest absolute Gasteiger partial charge is 0.500 e. The number of amides is 1. The van der Waals surface area contributed by atoms with Crippen LogP contribution < -0.4 is 5.32 Å². The van der Waals surface area contributed by atoms with E-state index in [-0.39, 0.29) is 5.91 Å². The summed E-state index contributed by atoms with van der Waals surface area (Å²) >= 11 is 0. The van der Waals surface area contributed by atoms with Gasteiger partial charge in [0.25, 0.3) is 5.91 Å². The maximum Gasteiger partial charge on any atom is 0.258 e. The molecule has 1 amide bonds. The van der Waals surface area contributed by atoms with Crippen LogP contribution in [0.15, 0.2) is 36.1 Å². The van der Waals surface area contributed by atoms with Gasteiger partial charge in [0, 0.05) is 18.3 Å². The molecule has 1 saturated carbocycles. The van der Waals surface area contributed by atoms with E-state index in [1.807, 2.05) is 57.8 Å². The highest BCUT2D eigenvalue weighted by Crippen LogP contribution is 2.25. The Morgan fingerprint density at radius 3 is 2.33 bits per heavy atom. The fourth-order valence-electron chi connectivity index (χ4n) is 4.86. The van der Waals surface area contributed by atoms with Gasteiger partial charge in [0.15, 0.2) is 6.21 Å². The Labute approximate surface area is 234 Å². The Balaban J connectivity index is 0.000000530. The van der Waals surface area contributed by atoms with Crippen molar-refractivity contribution in [2.45, 2.75) is 79.1 Å². The highest BCUT2D eigenvalue weighted by molar-refractivity contribution is 6.10. The second-order valence-electron chi connectivity index (χ2n) is 10.4. The number of imidazole rings is 1. The van der Waals surface area contributed by atoms with Crippen molar-refractivity contribution in [2.24, 2.45) is 7.05 Å². The average Bonchev–Trinajstić information content (AvgIpc) is 3.62. The zero-order chi connectivity index (χ0) is 28.5. The molecule has 1 aliphatic heterocycles. The van der Waals surface area contributed by atoms with Gasteiger partial charge in [-0.15, -0.1) is 0 Å². The number of nitrogens with one attached hydrogen (secondary N) is 1. The van der Waals surface area contributed by atoms with Crippen LogP contribution in [0, 0.1) is 6.92 Å². The highest BCUT2D eigenvalue weighted by atomic mass is 16.5. The first-order valence-corrected chi connectivity index (χ1v) is 14.4. The molecule has 0 bridgehead atoms.